The Labute approximate surface area is 98.6 Å². The second-order valence-corrected chi connectivity index (χ2v) is 4.58. The molecule has 0 bridgehead atoms. The van der Waals surface area contributed by atoms with E-state index in [-0.39, 0.29) is 0 Å². The molecule has 0 aromatic heterocycles. The van der Waals surface area contributed by atoms with Crippen LogP contribution in [0.3, 0.4) is 0 Å². The molecule has 0 spiro atoms. The van der Waals surface area contributed by atoms with Crippen LogP contribution in [0.15, 0.2) is 16.9 Å². The van der Waals surface area contributed by atoms with Crippen LogP contribution in [0.1, 0.15) is 25.7 Å². The molecule has 1 fully saturated rings. The van der Waals surface area contributed by atoms with E-state index in [9.17, 15) is 4.79 Å². The van der Waals surface area contributed by atoms with Crippen molar-refractivity contribution in [3.63, 3.8) is 0 Å². The van der Waals surface area contributed by atoms with Gasteiger partial charge in [0.25, 0.3) is 0 Å². The highest BCUT2D eigenvalue weighted by molar-refractivity contribution is 6.33. The number of carboxylic acid groups (broad SMARTS) is 1. The third kappa shape index (κ3) is 2.29. The Morgan fingerprint density at radius 2 is 2.31 bits per heavy atom. The maximum Gasteiger partial charge on any atom is 0.369 e. The van der Waals surface area contributed by atoms with Gasteiger partial charge in [-0.05, 0) is 18.9 Å². The Balaban J connectivity index is 1.99. The molecule has 6 heteroatoms. The van der Waals surface area contributed by atoms with Crippen molar-refractivity contribution in [1.82, 2.24) is 10.6 Å². The van der Waals surface area contributed by atoms with E-state index in [0.717, 1.165) is 12.8 Å². The minimum absolute atomic E-state index is 0.403. The second-order valence-electron chi connectivity index (χ2n) is 4.04. The molecule has 0 aromatic rings. The van der Waals surface area contributed by atoms with Crippen molar-refractivity contribution in [2.24, 2.45) is 4.99 Å². The molecule has 0 aromatic carbocycles. The molecule has 5 nitrogen and oxygen atoms in total. The Kier molecular flexibility index (Phi) is 3.05. The average molecular weight is 244 g/mol. The van der Waals surface area contributed by atoms with Gasteiger partial charge in [-0.3, -0.25) is 0 Å². The fraction of sp³-hybridized carbons (Fsp3) is 0.600. The standard InChI is InChI=1S/C10H14ClN3O2/c11-10(9(15)16)12-6-5-8(14-10)13-7-3-1-2-4-7/h5-7,13-14H,1-4H2,(H,15,16). The summed E-state index contributed by atoms with van der Waals surface area (Å²) in [4.78, 5) is 14.6. The SMILES string of the molecule is O=C(O)C1(Cl)N=CC=C(NC2CCCC2)N1. The summed E-state index contributed by atoms with van der Waals surface area (Å²) in [6.45, 7) is 0. The van der Waals surface area contributed by atoms with Crippen molar-refractivity contribution in [2.45, 2.75) is 36.8 Å². The first-order chi connectivity index (χ1) is 7.60. The zero-order chi connectivity index (χ0) is 11.6. The van der Waals surface area contributed by atoms with Crippen molar-refractivity contribution in [1.29, 1.82) is 0 Å². The van der Waals surface area contributed by atoms with E-state index in [0.29, 0.717) is 11.9 Å². The summed E-state index contributed by atoms with van der Waals surface area (Å²) < 4.78 is 0. The molecule has 1 saturated carbocycles. The number of hydrogen-bond donors (Lipinski definition) is 3. The van der Waals surface area contributed by atoms with E-state index < -0.39 is 11.1 Å². The summed E-state index contributed by atoms with van der Waals surface area (Å²) in [5, 5.41) is 13.1. The van der Waals surface area contributed by atoms with Gasteiger partial charge in [0.2, 0.25) is 0 Å². The minimum atomic E-state index is -1.77. The van der Waals surface area contributed by atoms with E-state index in [1.54, 1.807) is 6.08 Å². The van der Waals surface area contributed by atoms with Crippen molar-refractivity contribution in [2.75, 3.05) is 0 Å². The number of nitrogens with zero attached hydrogens (tertiary/aromatic N) is 1. The van der Waals surface area contributed by atoms with Crippen LogP contribution in [-0.2, 0) is 4.79 Å². The van der Waals surface area contributed by atoms with Crippen LogP contribution in [0.5, 0.6) is 0 Å². The third-order valence-electron chi connectivity index (χ3n) is 2.79. The molecule has 1 unspecified atom stereocenters. The molecule has 1 aliphatic heterocycles. The predicted octanol–water partition coefficient (Wildman–Crippen LogP) is 1.01. The fourth-order valence-corrected chi connectivity index (χ4v) is 2.11. The van der Waals surface area contributed by atoms with Gasteiger partial charge in [-0.25, -0.2) is 9.79 Å². The molecular formula is C10H14ClN3O2. The number of carboxylic acids is 1. The van der Waals surface area contributed by atoms with E-state index in [4.69, 9.17) is 16.7 Å². The van der Waals surface area contributed by atoms with Gasteiger partial charge in [-0.1, -0.05) is 24.4 Å². The lowest BCUT2D eigenvalue weighted by atomic mass is 10.2. The van der Waals surface area contributed by atoms with Crippen LogP contribution in [0.25, 0.3) is 0 Å². The molecule has 88 valence electrons. The Bertz CT molecular complexity index is 350. The molecule has 1 heterocycles. The maximum absolute atomic E-state index is 10.9. The van der Waals surface area contributed by atoms with E-state index in [2.05, 4.69) is 15.6 Å². The lowest BCUT2D eigenvalue weighted by Crippen LogP contribution is -2.50. The van der Waals surface area contributed by atoms with Gasteiger partial charge < -0.3 is 15.7 Å². The number of nitrogens with one attached hydrogen (secondary N) is 2. The number of rotatable bonds is 3. The zero-order valence-electron chi connectivity index (χ0n) is 8.74. The topological polar surface area (TPSA) is 73.7 Å². The molecule has 1 atom stereocenters. The molecule has 0 saturated heterocycles. The van der Waals surface area contributed by atoms with Crippen LogP contribution < -0.4 is 10.6 Å². The number of halogens is 1. The summed E-state index contributed by atoms with van der Waals surface area (Å²) in [6, 6.07) is 0.403. The van der Waals surface area contributed by atoms with Gasteiger partial charge in [-0.2, -0.15) is 0 Å². The lowest BCUT2D eigenvalue weighted by molar-refractivity contribution is -0.140. The van der Waals surface area contributed by atoms with Crippen LogP contribution >= 0.6 is 11.6 Å². The first-order valence-electron chi connectivity index (χ1n) is 5.33. The van der Waals surface area contributed by atoms with Gasteiger partial charge >= 0.3 is 11.1 Å². The monoisotopic (exact) mass is 243 g/mol. The molecule has 16 heavy (non-hydrogen) atoms. The van der Waals surface area contributed by atoms with Crippen molar-refractivity contribution < 1.29 is 9.90 Å². The second kappa shape index (κ2) is 4.33. The summed E-state index contributed by atoms with van der Waals surface area (Å²) >= 11 is 5.80. The molecule has 2 aliphatic rings. The predicted molar refractivity (Wildman–Crippen MR) is 61.3 cm³/mol. The Morgan fingerprint density at radius 3 is 2.94 bits per heavy atom. The smallest absolute Gasteiger partial charge is 0.369 e. The third-order valence-corrected chi connectivity index (χ3v) is 3.15. The number of aliphatic imine (C=N–C) groups is 1. The normalized spacial score (nSPS) is 29.7. The van der Waals surface area contributed by atoms with E-state index in [1.165, 1.54) is 19.1 Å². The zero-order valence-corrected chi connectivity index (χ0v) is 9.50. The van der Waals surface area contributed by atoms with Crippen LogP contribution in [0.4, 0.5) is 0 Å². The van der Waals surface area contributed by atoms with Gasteiger partial charge in [0.15, 0.2) is 0 Å². The minimum Gasteiger partial charge on any atom is -0.477 e. The van der Waals surface area contributed by atoms with Gasteiger partial charge in [0.05, 0.1) is 0 Å². The summed E-state index contributed by atoms with van der Waals surface area (Å²) in [5.41, 5.74) is 0. The van der Waals surface area contributed by atoms with Crippen LogP contribution in [0, 0.1) is 0 Å². The van der Waals surface area contributed by atoms with Crippen molar-refractivity contribution >= 4 is 23.8 Å². The quantitative estimate of drug-likeness (QED) is 0.511. The molecular weight excluding hydrogens is 230 g/mol. The molecule has 3 N–H and O–H groups in total. The Hall–Kier alpha value is -1.23. The highest BCUT2D eigenvalue weighted by Crippen LogP contribution is 2.21. The van der Waals surface area contributed by atoms with Crippen molar-refractivity contribution in [3.8, 4) is 0 Å². The first kappa shape index (κ1) is 11.3. The number of allylic oxidation sites excluding steroid dienone is 1. The number of alkyl halides is 1. The highest BCUT2D eigenvalue weighted by atomic mass is 35.5. The molecule has 0 radical (unpaired) electrons. The maximum atomic E-state index is 10.9. The highest BCUT2D eigenvalue weighted by Gasteiger charge is 2.37. The van der Waals surface area contributed by atoms with Crippen LogP contribution in [-0.4, -0.2) is 28.5 Å². The first-order valence-corrected chi connectivity index (χ1v) is 5.70. The molecule has 1 aliphatic carbocycles. The molecule has 0 amide bonds. The number of hydrogen-bond acceptors (Lipinski definition) is 4. The van der Waals surface area contributed by atoms with Gasteiger partial charge in [0.1, 0.15) is 5.82 Å². The summed E-state index contributed by atoms with van der Waals surface area (Å²) in [6.07, 6.45) is 7.75. The number of aliphatic carboxylic acids is 1. The largest absolute Gasteiger partial charge is 0.477 e. The molecule has 2 rings (SSSR count). The fourth-order valence-electron chi connectivity index (χ4n) is 1.95. The summed E-state index contributed by atoms with van der Waals surface area (Å²) in [5.74, 6) is -0.580. The van der Waals surface area contributed by atoms with Crippen molar-refractivity contribution in [3.05, 3.63) is 11.9 Å². The van der Waals surface area contributed by atoms with E-state index in [1.807, 2.05) is 0 Å². The van der Waals surface area contributed by atoms with Gasteiger partial charge in [-0.15, -0.1) is 0 Å². The average Bonchev–Trinajstić information content (AvgIpc) is 2.70. The van der Waals surface area contributed by atoms with E-state index >= 15 is 0 Å². The lowest BCUT2D eigenvalue weighted by Gasteiger charge is -2.27. The number of carbonyl (C=O) groups is 1. The Morgan fingerprint density at radius 1 is 1.62 bits per heavy atom. The summed E-state index contributed by atoms with van der Waals surface area (Å²) in [7, 11) is 0. The van der Waals surface area contributed by atoms with Gasteiger partial charge in [0, 0.05) is 12.3 Å². The van der Waals surface area contributed by atoms with Crippen LogP contribution in [0.2, 0.25) is 0 Å².